The number of esters is 4. The third-order valence-electron chi connectivity index (χ3n) is 12.9. The number of Topliss-reactive ketones (excluding diaryl/α,β-unsaturated/α-hetero) is 1. The van der Waals surface area contributed by atoms with Crippen molar-refractivity contribution in [3.63, 3.8) is 0 Å². The van der Waals surface area contributed by atoms with Gasteiger partial charge in [0.1, 0.15) is 35.3 Å². The van der Waals surface area contributed by atoms with Gasteiger partial charge in [0.2, 0.25) is 0 Å². The zero-order valence-electron chi connectivity index (χ0n) is 36.1. The standard InChI is InChI=1S/C45H55NO16/c1-22-28(59-39(54)33(51)32(26-16-13-17-27(49)18-26)46-40(55)62-41(4,5)6)20-45(56)37(60-38(53)25-14-11-10-12-15-25)35-43(9,29(50)19-30-44(35,21-57-30)61-24(3)48)36(52)34(58-23(2)47)31(22)42(45,7)8/h10-18,28-30,32-35,37,49-51,56H,19-21H2,1-9H3,(H,46,55)/t28-,29-,30+,32-,33+,34+,35-,37-,43+,44-,45+/m0/s1. The van der Waals surface area contributed by atoms with Crippen LogP contribution in [0, 0.1) is 16.7 Å². The molecule has 3 aliphatic carbocycles. The number of carbonyl (C=O) groups excluding carboxylic acids is 6. The van der Waals surface area contributed by atoms with Gasteiger partial charge in [-0.1, -0.05) is 44.2 Å². The molecule has 2 saturated carbocycles. The number of ether oxygens (including phenoxy) is 6. The fourth-order valence-electron chi connectivity index (χ4n) is 9.86. The van der Waals surface area contributed by atoms with E-state index in [9.17, 15) is 44.4 Å². The molecule has 11 atom stereocenters. The number of rotatable bonds is 9. The van der Waals surface area contributed by atoms with Gasteiger partial charge >= 0.3 is 30.0 Å². The van der Waals surface area contributed by atoms with Crippen LogP contribution >= 0.6 is 0 Å². The quantitative estimate of drug-likeness (QED) is 0.137. The molecule has 5 N–H and O–H groups in total. The van der Waals surface area contributed by atoms with Gasteiger partial charge in [-0.3, -0.25) is 14.4 Å². The first-order valence-electron chi connectivity index (χ1n) is 20.4. The molecular formula is C45H55NO16. The summed E-state index contributed by atoms with van der Waals surface area (Å²) in [5.41, 5.74) is -8.79. The third kappa shape index (κ3) is 7.95. The number of aliphatic hydroxyl groups excluding tert-OH is 2. The molecule has 17 nitrogen and oxygen atoms in total. The highest BCUT2D eigenvalue weighted by Crippen LogP contribution is 2.64. The van der Waals surface area contributed by atoms with E-state index in [1.165, 1.54) is 64.1 Å². The molecule has 62 heavy (non-hydrogen) atoms. The molecule has 4 aliphatic rings. The van der Waals surface area contributed by atoms with Crippen molar-refractivity contribution >= 4 is 35.8 Å². The van der Waals surface area contributed by atoms with Crippen molar-refractivity contribution in [2.75, 3.05) is 6.61 Å². The Morgan fingerprint density at radius 3 is 2.16 bits per heavy atom. The third-order valence-corrected chi connectivity index (χ3v) is 12.9. The van der Waals surface area contributed by atoms with Crippen LogP contribution in [-0.2, 0) is 47.6 Å². The van der Waals surface area contributed by atoms with Gasteiger partial charge in [0, 0.05) is 32.1 Å². The van der Waals surface area contributed by atoms with E-state index in [0.717, 1.165) is 13.8 Å². The molecule has 1 heterocycles. The maximum Gasteiger partial charge on any atom is 0.408 e. The lowest BCUT2D eigenvalue weighted by Gasteiger charge is -2.67. The van der Waals surface area contributed by atoms with Crippen LogP contribution in [-0.4, -0.2) is 116 Å². The van der Waals surface area contributed by atoms with Gasteiger partial charge in [-0.25, -0.2) is 14.4 Å². The highest BCUT2D eigenvalue weighted by molar-refractivity contribution is 5.95. The Morgan fingerprint density at radius 2 is 1.60 bits per heavy atom. The first-order valence-corrected chi connectivity index (χ1v) is 20.4. The van der Waals surface area contributed by atoms with Gasteiger partial charge in [0.15, 0.2) is 23.6 Å². The van der Waals surface area contributed by atoms with E-state index in [2.05, 4.69) is 5.32 Å². The number of hydrogen-bond acceptors (Lipinski definition) is 16. The molecule has 0 aromatic heterocycles. The smallest absolute Gasteiger partial charge is 0.408 e. The molecule has 336 valence electrons. The second kappa shape index (κ2) is 16.4. The Bertz CT molecular complexity index is 2160. The molecule has 0 unspecified atom stereocenters. The number of amides is 1. The largest absolute Gasteiger partial charge is 0.508 e. The summed E-state index contributed by atoms with van der Waals surface area (Å²) in [4.78, 5) is 82.9. The Kier molecular flexibility index (Phi) is 12.2. The van der Waals surface area contributed by atoms with E-state index in [4.69, 9.17) is 28.4 Å². The predicted molar refractivity (Wildman–Crippen MR) is 215 cm³/mol. The van der Waals surface area contributed by atoms with Gasteiger partial charge in [-0.2, -0.15) is 0 Å². The summed E-state index contributed by atoms with van der Waals surface area (Å²) >= 11 is 0. The number of benzene rings is 2. The fraction of sp³-hybridized carbons (Fsp3) is 0.556. The van der Waals surface area contributed by atoms with Gasteiger partial charge in [-0.15, -0.1) is 0 Å². The molecule has 2 aromatic rings. The number of phenols is 1. The summed E-state index contributed by atoms with van der Waals surface area (Å²) in [5.74, 6) is -6.74. The van der Waals surface area contributed by atoms with E-state index < -0.39 is 118 Å². The Hall–Kier alpha value is -5.36. The topological polar surface area (TPSA) is 251 Å². The van der Waals surface area contributed by atoms with Gasteiger partial charge in [-0.05, 0) is 75.6 Å². The molecule has 6 rings (SSSR count). The number of carbonyl (C=O) groups is 6. The number of aromatic hydroxyl groups is 1. The van der Waals surface area contributed by atoms with E-state index in [1.54, 1.807) is 39.0 Å². The zero-order chi connectivity index (χ0) is 45.9. The Morgan fingerprint density at radius 1 is 0.935 bits per heavy atom. The second-order valence-corrected chi connectivity index (χ2v) is 18.3. The van der Waals surface area contributed by atoms with Crippen molar-refractivity contribution in [1.82, 2.24) is 5.32 Å². The molecule has 1 aliphatic heterocycles. The number of aliphatic hydroxyl groups is 3. The van der Waals surface area contributed by atoms with E-state index in [-0.39, 0.29) is 41.1 Å². The predicted octanol–water partition coefficient (Wildman–Crippen LogP) is 3.54. The summed E-state index contributed by atoms with van der Waals surface area (Å²) in [6, 6.07) is 11.6. The van der Waals surface area contributed by atoms with Crippen LogP contribution in [0.4, 0.5) is 4.79 Å². The van der Waals surface area contributed by atoms with E-state index in [0.29, 0.717) is 0 Å². The van der Waals surface area contributed by atoms with Crippen LogP contribution in [0.15, 0.2) is 65.7 Å². The molecule has 3 fully saturated rings. The van der Waals surface area contributed by atoms with Crippen LogP contribution in [0.2, 0.25) is 0 Å². The number of nitrogens with one attached hydrogen (secondary N) is 1. The summed E-state index contributed by atoms with van der Waals surface area (Å²) < 4.78 is 35.5. The van der Waals surface area contributed by atoms with Crippen molar-refractivity contribution in [1.29, 1.82) is 0 Å². The minimum absolute atomic E-state index is 0.0451. The molecule has 1 saturated heterocycles. The first kappa shape index (κ1) is 46.2. The van der Waals surface area contributed by atoms with Crippen molar-refractivity contribution in [3.05, 3.63) is 76.9 Å². The average molecular weight is 866 g/mol. The summed E-state index contributed by atoms with van der Waals surface area (Å²) in [6.07, 6.45) is -11.9. The van der Waals surface area contributed by atoms with Crippen molar-refractivity contribution in [2.45, 2.75) is 135 Å². The minimum atomic E-state index is -2.43. The van der Waals surface area contributed by atoms with Crippen LogP contribution in [0.25, 0.3) is 0 Å². The maximum absolute atomic E-state index is 15.5. The number of fused-ring (bicyclic) bond motifs is 5. The van der Waals surface area contributed by atoms with Crippen LogP contribution in [0.3, 0.4) is 0 Å². The lowest BCUT2D eigenvalue weighted by molar-refractivity contribution is -0.346. The summed E-state index contributed by atoms with van der Waals surface area (Å²) in [5, 5.41) is 50.1. The average Bonchev–Trinajstić information content (AvgIpc) is 3.17. The molecule has 0 radical (unpaired) electrons. The summed E-state index contributed by atoms with van der Waals surface area (Å²) in [6.45, 7) is 12.6. The normalized spacial score (nSPS) is 32.2. The van der Waals surface area contributed by atoms with Crippen molar-refractivity contribution in [2.24, 2.45) is 16.7 Å². The lowest BCUT2D eigenvalue weighted by atomic mass is 9.44. The number of ketones is 1. The Balaban J connectivity index is 1.54. The van der Waals surface area contributed by atoms with Gasteiger partial charge < -0.3 is 54.2 Å². The molecule has 0 spiro atoms. The molecular weight excluding hydrogens is 810 g/mol. The molecule has 2 bridgehead atoms. The van der Waals surface area contributed by atoms with Gasteiger partial charge in [0.25, 0.3) is 0 Å². The van der Waals surface area contributed by atoms with E-state index >= 15 is 4.79 Å². The van der Waals surface area contributed by atoms with E-state index in [1.807, 2.05) is 0 Å². The molecule has 1 amide bonds. The highest BCUT2D eigenvalue weighted by Gasteiger charge is 2.78. The first-order chi connectivity index (χ1) is 28.8. The molecule has 17 heteroatoms. The van der Waals surface area contributed by atoms with Crippen LogP contribution in [0.5, 0.6) is 5.75 Å². The van der Waals surface area contributed by atoms with Crippen LogP contribution < -0.4 is 5.32 Å². The number of hydrogen-bond donors (Lipinski definition) is 5. The summed E-state index contributed by atoms with van der Waals surface area (Å²) in [7, 11) is 0. The van der Waals surface area contributed by atoms with Crippen molar-refractivity contribution < 1.29 is 77.6 Å². The number of phenolic OH excluding ortho intramolecular Hbond substituents is 1. The zero-order valence-corrected chi connectivity index (χ0v) is 36.1. The SMILES string of the molecule is CC(=O)O[C@H]1C(=O)[C@@]2(C)[C@H]([C@H](OC(=O)c3ccccc3)[C@]3(O)C[C@H](OC(=O)[C@H](O)[C@@H](NC(=O)OC(C)(C)C)c4cccc(O)c4)C(C)=C1C3(C)C)[C@]1(OC(C)=O)CO[C@@H]1C[C@@H]2O. The maximum atomic E-state index is 15.5. The lowest BCUT2D eigenvalue weighted by Crippen LogP contribution is -2.82. The number of alkyl carbamates (subject to hydrolysis) is 1. The Labute approximate surface area is 358 Å². The molecule has 2 aromatic carbocycles. The van der Waals surface area contributed by atoms with Crippen LogP contribution in [0.1, 0.15) is 97.1 Å². The highest BCUT2D eigenvalue weighted by atomic mass is 16.6. The fourth-order valence-corrected chi connectivity index (χ4v) is 9.86. The second-order valence-electron chi connectivity index (χ2n) is 18.3. The minimum Gasteiger partial charge on any atom is -0.508 e. The van der Waals surface area contributed by atoms with Gasteiger partial charge in [0.05, 0.1) is 35.6 Å². The van der Waals surface area contributed by atoms with Crippen molar-refractivity contribution in [3.8, 4) is 5.75 Å². The monoisotopic (exact) mass is 865 g/mol.